The number of hydrogen-bond acceptors (Lipinski definition) is 6. The highest BCUT2D eigenvalue weighted by Crippen LogP contribution is 2.23. The molecule has 0 aliphatic heterocycles. The largest absolute Gasteiger partial charge is 0.480 e. The lowest BCUT2D eigenvalue weighted by molar-refractivity contribution is -0.168. The summed E-state index contributed by atoms with van der Waals surface area (Å²) in [5.74, 6) is -1.96. The minimum atomic E-state index is -1.58. The van der Waals surface area contributed by atoms with Crippen LogP contribution >= 0.6 is 0 Å². The summed E-state index contributed by atoms with van der Waals surface area (Å²) in [7, 11) is 1.59. The van der Waals surface area contributed by atoms with Crippen LogP contribution in [-0.2, 0) is 28.5 Å². The number of methoxy groups -OCH3 is 1. The molecular weight excluding hydrogens is 268 g/mol. The molecule has 7 heteroatoms. The van der Waals surface area contributed by atoms with Gasteiger partial charge in [-0.15, -0.1) is 0 Å². The van der Waals surface area contributed by atoms with Gasteiger partial charge >= 0.3 is 11.9 Å². The van der Waals surface area contributed by atoms with Gasteiger partial charge in [0.1, 0.15) is 0 Å². The first kappa shape index (κ1) is 18.8. The molecule has 1 unspecified atom stereocenters. The van der Waals surface area contributed by atoms with Crippen LogP contribution in [0.1, 0.15) is 20.3 Å². The molecule has 118 valence electrons. The van der Waals surface area contributed by atoms with E-state index >= 15 is 0 Å². The number of esters is 1. The van der Waals surface area contributed by atoms with E-state index in [1.54, 1.807) is 14.0 Å². The van der Waals surface area contributed by atoms with Crippen LogP contribution in [0.5, 0.6) is 0 Å². The van der Waals surface area contributed by atoms with E-state index < -0.39 is 17.4 Å². The monoisotopic (exact) mass is 292 g/mol. The molecule has 0 saturated carbocycles. The Balaban J connectivity index is 3.93. The van der Waals surface area contributed by atoms with Crippen molar-refractivity contribution >= 4 is 11.9 Å². The van der Waals surface area contributed by atoms with Gasteiger partial charge in [-0.3, -0.25) is 9.59 Å². The lowest BCUT2D eigenvalue weighted by atomic mass is 9.87. The summed E-state index contributed by atoms with van der Waals surface area (Å²) in [5, 5.41) is 9.13. The highest BCUT2D eigenvalue weighted by molar-refractivity contribution is 5.98. The van der Waals surface area contributed by atoms with Gasteiger partial charge < -0.3 is 24.1 Å². The first-order valence-electron chi connectivity index (χ1n) is 6.54. The maximum atomic E-state index is 11.6. The van der Waals surface area contributed by atoms with E-state index in [1.807, 2.05) is 0 Å². The number of carbonyl (C=O) groups is 2. The number of hydrogen-bond donors (Lipinski definition) is 1. The fourth-order valence-electron chi connectivity index (χ4n) is 1.33. The van der Waals surface area contributed by atoms with Gasteiger partial charge in [-0.2, -0.15) is 0 Å². The standard InChI is InChI=1S/C13H24O7/c1-4-20-12(16)13(2,11(14)15)5-6-18-9-10-19-8-7-17-3/h4-10H2,1-3H3,(H,14,15). The van der Waals surface area contributed by atoms with Crippen LogP contribution in [-0.4, -0.2) is 63.8 Å². The second-order valence-corrected chi connectivity index (χ2v) is 4.33. The third-order valence-electron chi connectivity index (χ3n) is 2.75. The zero-order valence-corrected chi connectivity index (χ0v) is 12.3. The van der Waals surface area contributed by atoms with Crippen LogP contribution in [0.4, 0.5) is 0 Å². The van der Waals surface area contributed by atoms with Crippen molar-refractivity contribution in [2.45, 2.75) is 20.3 Å². The Morgan fingerprint density at radius 2 is 1.60 bits per heavy atom. The molecular formula is C13H24O7. The van der Waals surface area contributed by atoms with Crippen molar-refractivity contribution in [1.29, 1.82) is 0 Å². The Morgan fingerprint density at radius 1 is 1.05 bits per heavy atom. The van der Waals surface area contributed by atoms with E-state index in [0.29, 0.717) is 26.4 Å². The van der Waals surface area contributed by atoms with Crippen LogP contribution in [0.15, 0.2) is 0 Å². The highest BCUT2D eigenvalue weighted by atomic mass is 16.5. The van der Waals surface area contributed by atoms with Crippen LogP contribution < -0.4 is 0 Å². The number of rotatable bonds is 12. The Hall–Kier alpha value is -1.18. The van der Waals surface area contributed by atoms with Crippen molar-refractivity contribution in [3.63, 3.8) is 0 Å². The fraction of sp³-hybridized carbons (Fsp3) is 0.846. The zero-order chi connectivity index (χ0) is 15.4. The lowest BCUT2D eigenvalue weighted by Gasteiger charge is -2.22. The summed E-state index contributed by atoms with van der Waals surface area (Å²) in [6.45, 7) is 5.00. The summed E-state index contributed by atoms with van der Waals surface area (Å²) in [6, 6.07) is 0. The molecule has 0 heterocycles. The Labute approximate surface area is 119 Å². The minimum absolute atomic E-state index is 0.0548. The molecule has 1 atom stereocenters. The molecule has 0 fully saturated rings. The van der Waals surface area contributed by atoms with E-state index in [0.717, 1.165) is 0 Å². The first-order valence-corrected chi connectivity index (χ1v) is 6.54. The Bertz CT molecular complexity index is 292. The van der Waals surface area contributed by atoms with Crippen molar-refractivity contribution in [2.75, 3.05) is 46.8 Å². The van der Waals surface area contributed by atoms with Crippen LogP contribution in [0.3, 0.4) is 0 Å². The smallest absolute Gasteiger partial charge is 0.323 e. The SMILES string of the molecule is CCOC(=O)C(C)(CCOCCOCCOC)C(=O)O. The van der Waals surface area contributed by atoms with Gasteiger partial charge in [0.25, 0.3) is 0 Å². The fourth-order valence-corrected chi connectivity index (χ4v) is 1.33. The molecule has 0 amide bonds. The number of aliphatic carboxylic acids is 1. The van der Waals surface area contributed by atoms with Gasteiger partial charge in [-0.25, -0.2) is 0 Å². The molecule has 0 bridgehead atoms. The normalized spacial score (nSPS) is 13.8. The van der Waals surface area contributed by atoms with Crippen molar-refractivity contribution < 1.29 is 33.6 Å². The predicted octanol–water partition coefficient (Wildman–Crippen LogP) is 0.710. The average molecular weight is 292 g/mol. The average Bonchev–Trinajstić information content (AvgIpc) is 2.41. The second kappa shape index (κ2) is 10.6. The summed E-state index contributed by atoms with van der Waals surface area (Å²) in [4.78, 5) is 22.8. The molecule has 0 saturated heterocycles. The van der Waals surface area contributed by atoms with Gasteiger partial charge in [-0.1, -0.05) is 0 Å². The van der Waals surface area contributed by atoms with E-state index in [1.165, 1.54) is 6.92 Å². The molecule has 0 radical (unpaired) electrons. The summed E-state index contributed by atoms with van der Waals surface area (Å²) in [5.41, 5.74) is -1.58. The third kappa shape index (κ3) is 6.83. The van der Waals surface area contributed by atoms with Crippen molar-refractivity contribution in [2.24, 2.45) is 5.41 Å². The van der Waals surface area contributed by atoms with E-state index in [-0.39, 0.29) is 19.6 Å². The number of ether oxygens (including phenoxy) is 4. The van der Waals surface area contributed by atoms with Crippen LogP contribution in [0.2, 0.25) is 0 Å². The topological polar surface area (TPSA) is 91.3 Å². The van der Waals surface area contributed by atoms with Gasteiger partial charge in [-0.05, 0) is 20.3 Å². The lowest BCUT2D eigenvalue weighted by Crippen LogP contribution is -2.39. The molecule has 0 aromatic carbocycles. The summed E-state index contributed by atoms with van der Waals surface area (Å²) in [6.07, 6.45) is 0.0548. The molecule has 0 spiro atoms. The maximum absolute atomic E-state index is 11.6. The highest BCUT2D eigenvalue weighted by Gasteiger charge is 2.42. The van der Waals surface area contributed by atoms with Crippen molar-refractivity contribution in [3.8, 4) is 0 Å². The molecule has 0 aromatic heterocycles. The quantitative estimate of drug-likeness (QED) is 0.322. The molecule has 0 rings (SSSR count). The van der Waals surface area contributed by atoms with E-state index in [2.05, 4.69) is 0 Å². The Kier molecular flexibility index (Phi) is 9.96. The van der Waals surface area contributed by atoms with E-state index in [4.69, 9.17) is 24.1 Å². The van der Waals surface area contributed by atoms with Crippen molar-refractivity contribution in [3.05, 3.63) is 0 Å². The summed E-state index contributed by atoms with van der Waals surface area (Å²) >= 11 is 0. The van der Waals surface area contributed by atoms with Gasteiger partial charge in [0.15, 0.2) is 5.41 Å². The molecule has 0 aliphatic carbocycles. The third-order valence-corrected chi connectivity index (χ3v) is 2.75. The molecule has 0 aliphatic rings. The molecule has 7 nitrogen and oxygen atoms in total. The number of carboxylic acids is 1. The predicted molar refractivity (Wildman–Crippen MR) is 70.5 cm³/mol. The number of carboxylic acid groups (broad SMARTS) is 1. The molecule has 1 N–H and O–H groups in total. The maximum Gasteiger partial charge on any atom is 0.323 e. The molecule has 20 heavy (non-hydrogen) atoms. The van der Waals surface area contributed by atoms with Crippen molar-refractivity contribution in [1.82, 2.24) is 0 Å². The summed E-state index contributed by atoms with van der Waals surface area (Å²) < 4.78 is 20.0. The zero-order valence-electron chi connectivity index (χ0n) is 12.3. The Morgan fingerprint density at radius 3 is 2.10 bits per heavy atom. The van der Waals surface area contributed by atoms with Gasteiger partial charge in [0.05, 0.1) is 33.0 Å². The van der Waals surface area contributed by atoms with Crippen LogP contribution in [0, 0.1) is 5.41 Å². The number of carbonyl (C=O) groups excluding carboxylic acids is 1. The minimum Gasteiger partial charge on any atom is -0.480 e. The molecule has 0 aromatic rings. The van der Waals surface area contributed by atoms with Crippen LogP contribution in [0.25, 0.3) is 0 Å². The van der Waals surface area contributed by atoms with Gasteiger partial charge in [0.2, 0.25) is 0 Å². The second-order valence-electron chi connectivity index (χ2n) is 4.33. The van der Waals surface area contributed by atoms with E-state index in [9.17, 15) is 9.59 Å². The first-order chi connectivity index (χ1) is 9.49. The van der Waals surface area contributed by atoms with Gasteiger partial charge in [0, 0.05) is 13.7 Å².